The summed E-state index contributed by atoms with van der Waals surface area (Å²) in [6.07, 6.45) is 3.54. The fraction of sp³-hybridized carbons (Fsp3) is 0.229. The van der Waals surface area contributed by atoms with Crippen LogP contribution in [0.15, 0.2) is 108 Å². The van der Waals surface area contributed by atoms with E-state index in [-0.39, 0.29) is 24.0 Å². The van der Waals surface area contributed by atoms with E-state index in [1.54, 1.807) is 22.2 Å². The van der Waals surface area contributed by atoms with E-state index in [0.717, 1.165) is 33.6 Å². The van der Waals surface area contributed by atoms with Gasteiger partial charge in [-0.15, -0.1) is 0 Å². The lowest BCUT2D eigenvalue weighted by Gasteiger charge is -2.40. The number of para-hydroxylation sites is 2. The number of piperidine rings is 1. The van der Waals surface area contributed by atoms with Crippen molar-refractivity contribution >= 4 is 35.1 Å². The van der Waals surface area contributed by atoms with E-state index in [0.29, 0.717) is 44.7 Å². The molecule has 226 valence electrons. The number of hydrogen-bond donors (Lipinski definition) is 2. The molecule has 10 heteroatoms. The summed E-state index contributed by atoms with van der Waals surface area (Å²) < 4.78 is 0. The molecule has 1 aromatic heterocycles. The molecular formula is C35H33N7O3. The van der Waals surface area contributed by atoms with Crippen molar-refractivity contribution in [3.8, 4) is 0 Å². The number of hydrogen-bond acceptors (Lipinski definition) is 5. The van der Waals surface area contributed by atoms with Crippen LogP contribution in [0.25, 0.3) is 0 Å². The summed E-state index contributed by atoms with van der Waals surface area (Å²) in [5.74, 6) is -0.322. The lowest BCUT2D eigenvalue weighted by atomic mass is 10.00. The largest absolute Gasteiger partial charge is 0.325 e. The summed E-state index contributed by atoms with van der Waals surface area (Å²) in [6.45, 7) is 1.76. The zero-order chi connectivity index (χ0) is 30.8. The van der Waals surface area contributed by atoms with Crippen molar-refractivity contribution in [1.29, 1.82) is 0 Å². The second kappa shape index (κ2) is 12.2. The van der Waals surface area contributed by atoms with Crippen LogP contribution in [-0.2, 0) is 17.9 Å². The Hall–Kier alpha value is -5.51. The van der Waals surface area contributed by atoms with Gasteiger partial charge in [-0.1, -0.05) is 66.7 Å². The van der Waals surface area contributed by atoms with E-state index in [4.69, 9.17) is 4.99 Å². The van der Waals surface area contributed by atoms with E-state index in [9.17, 15) is 14.4 Å². The third-order valence-electron chi connectivity index (χ3n) is 8.66. The van der Waals surface area contributed by atoms with Crippen molar-refractivity contribution < 1.29 is 14.4 Å². The molecule has 1 unspecified atom stereocenters. The van der Waals surface area contributed by atoms with Crippen LogP contribution in [0.1, 0.15) is 35.1 Å². The first-order valence-electron chi connectivity index (χ1n) is 15.2. The minimum absolute atomic E-state index is 0.00924. The molecule has 5 amide bonds. The van der Waals surface area contributed by atoms with E-state index in [2.05, 4.69) is 15.6 Å². The molecule has 0 spiro atoms. The first kappa shape index (κ1) is 28.3. The van der Waals surface area contributed by atoms with Gasteiger partial charge in [0.2, 0.25) is 6.17 Å². The lowest BCUT2D eigenvalue weighted by Crippen LogP contribution is -2.55. The molecule has 2 N–H and O–H groups in total. The summed E-state index contributed by atoms with van der Waals surface area (Å²) in [5, 5.41) is 5.93. The molecule has 1 saturated heterocycles. The molecular weight excluding hydrogens is 566 g/mol. The molecule has 3 aromatic carbocycles. The molecule has 0 bridgehead atoms. The Morgan fingerprint density at radius 1 is 0.867 bits per heavy atom. The summed E-state index contributed by atoms with van der Waals surface area (Å²) in [7, 11) is 0. The highest BCUT2D eigenvalue weighted by atomic mass is 16.2. The van der Waals surface area contributed by atoms with Gasteiger partial charge in [-0.05, 0) is 48.2 Å². The SMILES string of the molecule is O=C(NC1N=C(c2ccccc2)c2ccccc2N(Cc2ccncc2)C1=O)N1CCC(N2Cc3ccccc3NC2=O)CC1. The van der Waals surface area contributed by atoms with Crippen LogP contribution < -0.4 is 15.5 Å². The number of pyridine rings is 1. The summed E-state index contributed by atoms with van der Waals surface area (Å²) >= 11 is 0. The average Bonchev–Trinajstić information content (AvgIpc) is 3.20. The second-order valence-corrected chi connectivity index (χ2v) is 11.4. The maximum absolute atomic E-state index is 14.2. The quantitative estimate of drug-likeness (QED) is 0.336. The number of carbonyl (C=O) groups excluding carboxylic acids is 3. The second-order valence-electron chi connectivity index (χ2n) is 11.4. The van der Waals surface area contributed by atoms with Crippen molar-refractivity contribution in [2.75, 3.05) is 23.3 Å². The molecule has 45 heavy (non-hydrogen) atoms. The third-order valence-corrected chi connectivity index (χ3v) is 8.66. The Balaban J connectivity index is 1.12. The molecule has 3 aliphatic rings. The minimum Gasteiger partial charge on any atom is -0.325 e. The number of benzodiazepines with no additional fused rings is 1. The maximum atomic E-state index is 14.2. The van der Waals surface area contributed by atoms with Crippen molar-refractivity contribution in [2.24, 2.45) is 4.99 Å². The average molecular weight is 600 g/mol. The van der Waals surface area contributed by atoms with E-state index in [1.165, 1.54) is 0 Å². The summed E-state index contributed by atoms with van der Waals surface area (Å²) in [4.78, 5) is 55.1. The van der Waals surface area contributed by atoms with Gasteiger partial charge in [0.25, 0.3) is 5.91 Å². The molecule has 10 nitrogen and oxygen atoms in total. The van der Waals surface area contributed by atoms with Crippen LogP contribution in [0, 0.1) is 0 Å². The number of aromatic nitrogens is 1. The highest BCUT2D eigenvalue weighted by molar-refractivity contribution is 6.20. The molecule has 1 fully saturated rings. The van der Waals surface area contributed by atoms with Gasteiger partial charge in [-0.2, -0.15) is 0 Å². The number of rotatable bonds is 5. The van der Waals surface area contributed by atoms with Crippen LogP contribution in [0.2, 0.25) is 0 Å². The number of nitrogens with zero attached hydrogens (tertiary/aromatic N) is 5. The Labute approximate surface area is 261 Å². The van der Waals surface area contributed by atoms with E-state index < -0.39 is 6.17 Å². The number of carbonyl (C=O) groups is 3. The smallest absolute Gasteiger partial charge is 0.322 e. The van der Waals surface area contributed by atoms with E-state index in [1.807, 2.05) is 95.9 Å². The van der Waals surface area contributed by atoms with Gasteiger partial charge < -0.3 is 25.3 Å². The van der Waals surface area contributed by atoms with Crippen molar-refractivity contribution in [1.82, 2.24) is 20.1 Å². The number of urea groups is 2. The van der Waals surface area contributed by atoms with Crippen LogP contribution in [0.4, 0.5) is 21.0 Å². The zero-order valence-corrected chi connectivity index (χ0v) is 24.7. The van der Waals surface area contributed by atoms with Crippen LogP contribution in [0.3, 0.4) is 0 Å². The molecule has 0 radical (unpaired) electrons. The highest BCUT2D eigenvalue weighted by Crippen LogP contribution is 2.30. The molecule has 3 aliphatic heterocycles. The molecule has 0 saturated carbocycles. The topological polar surface area (TPSA) is 110 Å². The number of amides is 5. The van der Waals surface area contributed by atoms with Gasteiger partial charge in [-0.3, -0.25) is 9.78 Å². The summed E-state index contributed by atoms with van der Waals surface area (Å²) in [5.41, 5.74) is 5.86. The predicted octanol–water partition coefficient (Wildman–Crippen LogP) is 5.01. The van der Waals surface area contributed by atoms with Gasteiger partial charge in [0.05, 0.1) is 17.9 Å². The number of fused-ring (bicyclic) bond motifs is 2. The van der Waals surface area contributed by atoms with Gasteiger partial charge >= 0.3 is 12.1 Å². The fourth-order valence-corrected chi connectivity index (χ4v) is 6.29. The molecule has 7 rings (SSSR count). The minimum atomic E-state index is -1.14. The van der Waals surface area contributed by atoms with Gasteiger partial charge in [0, 0.05) is 54.9 Å². The first-order valence-corrected chi connectivity index (χ1v) is 15.2. The van der Waals surface area contributed by atoms with Gasteiger partial charge in [-0.25, -0.2) is 14.6 Å². The van der Waals surface area contributed by atoms with Crippen molar-refractivity contribution in [3.05, 3.63) is 126 Å². The number of nitrogens with one attached hydrogen (secondary N) is 2. The van der Waals surface area contributed by atoms with Gasteiger partial charge in [0.15, 0.2) is 0 Å². The summed E-state index contributed by atoms with van der Waals surface area (Å²) in [6, 6.07) is 28.5. The predicted molar refractivity (Wildman–Crippen MR) is 172 cm³/mol. The number of benzene rings is 3. The van der Waals surface area contributed by atoms with Gasteiger partial charge in [0.1, 0.15) is 0 Å². The van der Waals surface area contributed by atoms with E-state index >= 15 is 0 Å². The van der Waals surface area contributed by atoms with Crippen molar-refractivity contribution in [3.63, 3.8) is 0 Å². The fourth-order valence-electron chi connectivity index (χ4n) is 6.29. The Bertz CT molecular complexity index is 1750. The first-order chi connectivity index (χ1) is 22.0. The third kappa shape index (κ3) is 5.74. The molecule has 4 heterocycles. The van der Waals surface area contributed by atoms with Crippen LogP contribution >= 0.6 is 0 Å². The Morgan fingerprint density at radius 2 is 1.58 bits per heavy atom. The Kier molecular flexibility index (Phi) is 7.69. The number of anilines is 2. The molecule has 0 aliphatic carbocycles. The Morgan fingerprint density at radius 3 is 2.38 bits per heavy atom. The maximum Gasteiger partial charge on any atom is 0.322 e. The number of aliphatic imine (C=N–C) groups is 1. The normalized spacial score (nSPS) is 18.4. The van der Waals surface area contributed by atoms with Crippen molar-refractivity contribution in [2.45, 2.75) is 38.1 Å². The standard InChI is InChI=1S/C35H33N7O3/c43-33-32(39-34(44)40-20-16-27(17-21-40)41-23-26-10-4-6-12-29(26)37-35(41)45)38-31(25-8-2-1-3-9-25)28-11-5-7-13-30(28)42(33)22-24-14-18-36-19-15-24/h1-15,18-19,27,32H,16-17,20-23H2,(H,37,45)(H,39,44). The zero-order valence-electron chi connectivity index (χ0n) is 24.7. The lowest BCUT2D eigenvalue weighted by molar-refractivity contribution is -0.120. The van der Waals surface area contributed by atoms with Crippen LogP contribution in [-0.4, -0.2) is 63.8 Å². The molecule has 4 aromatic rings. The number of likely N-dealkylation sites (tertiary alicyclic amines) is 1. The highest BCUT2D eigenvalue weighted by Gasteiger charge is 2.36. The van der Waals surface area contributed by atoms with Crippen LogP contribution in [0.5, 0.6) is 0 Å². The monoisotopic (exact) mass is 599 g/mol. The molecule has 1 atom stereocenters.